The molecular formula is C19H17FN4O. The lowest BCUT2D eigenvalue weighted by molar-refractivity contribution is 0.0945. The van der Waals surface area contributed by atoms with Crippen molar-refractivity contribution in [3.8, 4) is 0 Å². The predicted molar refractivity (Wildman–Crippen MR) is 94.1 cm³/mol. The van der Waals surface area contributed by atoms with Gasteiger partial charge < -0.3 is 10.6 Å². The lowest BCUT2D eigenvalue weighted by Gasteiger charge is -2.08. The summed E-state index contributed by atoms with van der Waals surface area (Å²) in [6, 6.07) is 13.9. The van der Waals surface area contributed by atoms with Crippen LogP contribution in [0.15, 0.2) is 60.9 Å². The van der Waals surface area contributed by atoms with E-state index in [2.05, 4.69) is 20.6 Å². The van der Waals surface area contributed by atoms with E-state index in [1.54, 1.807) is 12.1 Å². The Hall–Kier alpha value is -3.28. The van der Waals surface area contributed by atoms with Gasteiger partial charge in [-0.2, -0.15) is 0 Å². The number of rotatable bonds is 5. The largest absolute Gasteiger partial charge is 0.347 e. The molecule has 2 aromatic carbocycles. The number of carbonyl (C=O) groups excluding carboxylic acids is 1. The van der Waals surface area contributed by atoms with Crippen molar-refractivity contribution >= 4 is 17.4 Å². The van der Waals surface area contributed by atoms with Crippen molar-refractivity contribution < 1.29 is 9.18 Å². The van der Waals surface area contributed by atoms with Gasteiger partial charge in [0.2, 0.25) is 0 Å². The van der Waals surface area contributed by atoms with Crippen molar-refractivity contribution in [1.29, 1.82) is 0 Å². The van der Waals surface area contributed by atoms with Gasteiger partial charge in [-0.15, -0.1) is 0 Å². The summed E-state index contributed by atoms with van der Waals surface area (Å²) in [5, 5.41) is 5.75. The van der Waals surface area contributed by atoms with Crippen LogP contribution >= 0.6 is 0 Å². The quantitative estimate of drug-likeness (QED) is 0.747. The molecule has 0 saturated carbocycles. The smallest absolute Gasteiger partial charge is 0.271 e. The first kappa shape index (κ1) is 16.6. The predicted octanol–water partition coefficient (Wildman–Crippen LogP) is 3.60. The molecule has 25 heavy (non-hydrogen) atoms. The lowest BCUT2D eigenvalue weighted by atomic mass is 10.1. The minimum absolute atomic E-state index is 0.221. The van der Waals surface area contributed by atoms with E-state index in [0.29, 0.717) is 18.1 Å². The topological polar surface area (TPSA) is 66.9 Å². The number of anilines is 2. The first-order valence-corrected chi connectivity index (χ1v) is 7.79. The zero-order valence-corrected chi connectivity index (χ0v) is 13.7. The molecule has 0 aliphatic heterocycles. The number of halogens is 1. The molecule has 0 bridgehead atoms. The Morgan fingerprint density at radius 2 is 1.92 bits per heavy atom. The molecule has 1 aromatic heterocycles. The normalized spacial score (nSPS) is 10.3. The Bertz CT molecular complexity index is 881. The van der Waals surface area contributed by atoms with Crippen LogP contribution in [-0.2, 0) is 6.54 Å². The average Bonchev–Trinajstić information content (AvgIpc) is 2.61. The average molecular weight is 336 g/mol. The zero-order chi connectivity index (χ0) is 17.6. The first-order chi connectivity index (χ1) is 12.1. The molecule has 0 unspecified atom stereocenters. The summed E-state index contributed by atoms with van der Waals surface area (Å²) >= 11 is 0. The summed E-state index contributed by atoms with van der Waals surface area (Å²) in [7, 11) is 0. The van der Waals surface area contributed by atoms with Crippen LogP contribution in [0.2, 0.25) is 0 Å². The third-order valence-electron chi connectivity index (χ3n) is 3.68. The summed E-state index contributed by atoms with van der Waals surface area (Å²) in [5.74, 6) is -0.209. The van der Waals surface area contributed by atoms with Gasteiger partial charge in [-0.05, 0) is 36.2 Å². The van der Waals surface area contributed by atoms with Gasteiger partial charge in [0.25, 0.3) is 5.91 Å². The van der Waals surface area contributed by atoms with E-state index in [9.17, 15) is 9.18 Å². The molecule has 5 nitrogen and oxygen atoms in total. The summed E-state index contributed by atoms with van der Waals surface area (Å²) in [5.41, 5.74) is 2.95. The third-order valence-corrected chi connectivity index (χ3v) is 3.68. The van der Waals surface area contributed by atoms with E-state index in [4.69, 9.17) is 0 Å². The van der Waals surface area contributed by atoms with Gasteiger partial charge in [0.15, 0.2) is 0 Å². The minimum atomic E-state index is -0.342. The maximum Gasteiger partial charge on any atom is 0.271 e. The maximum atomic E-state index is 13.2. The molecule has 0 radical (unpaired) electrons. The number of aromatic nitrogens is 2. The molecule has 2 N–H and O–H groups in total. The highest BCUT2D eigenvalue weighted by atomic mass is 19.1. The number of benzene rings is 2. The number of aryl methyl sites for hydroxylation is 1. The molecule has 0 aliphatic carbocycles. The number of hydrogen-bond donors (Lipinski definition) is 2. The van der Waals surface area contributed by atoms with Gasteiger partial charge in [0, 0.05) is 12.2 Å². The van der Waals surface area contributed by atoms with Crippen LogP contribution in [-0.4, -0.2) is 15.9 Å². The van der Waals surface area contributed by atoms with Gasteiger partial charge in [0.05, 0.1) is 12.4 Å². The molecule has 3 rings (SSSR count). The van der Waals surface area contributed by atoms with Crippen molar-refractivity contribution in [2.45, 2.75) is 13.5 Å². The Balaban J connectivity index is 1.61. The molecular weight excluding hydrogens is 319 g/mol. The Labute approximate surface area is 145 Å². The number of nitrogens with one attached hydrogen (secondary N) is 2. The Morgan fingerprint density at radius 1 is 1.08 bits per heavy atom. The number of hydrogen-bond acceptors (Lipinski definition) is 4. The fourth-order valence-corrected chi connectivity index (χ4v) is 2.30. The Kier molecular flexibility index (Phi) is 4.99. The highest BCUT2D eigenvalue weighted by Gasteiger charge is 2.08. The second kappa shape index (κ2) is 7.53. The minimum Gasteiger partial charge on any atom is -0.347 e. The molecule has 0 atom stereocenters. The molecule has 1 amide bonds. The second-order valence-corrected chi connectivity index (χ2v) is 5.53. The maximum absolute atomic E-state index is 13.2. The lowest BCUT2D eigenvalue weighted by Crippen LogP contribution is -2.24. The van der Waals surface area contributed by atoms with Crippen LogP contribution in [0.4, 0.5) is 15.9 Å². The standard InChI is InChI=1S/C19H17FN4O/c1-13-5-2-3-6-14(13)10-23-19(25)17-11-22-18(12-21-17)24-16-8-4-7-15(20)9-16/h2-9,11-12H,10H2,1H3,(H,22,24)(H,23,25). The zero-order valence-electron chi connectivity index (χ0n) is 13.7. The van der Waals surface area contributed by atoms with E-state index in [0.717, 1.165) is 11.1 Å². The van der Waals surface area contributed by atoms with Gasteiger partial charge >= 0.3 is 0 Å². The fourth-order valence-electron chi connectivity index (χ4n) is 2.30. The van der Waals surface area contributed by atoms with Crippen LogP contribution in [0, 0.1) is 12.7 Å². The van der Waals surface area contributed by atoms with E-state index in [-0.39, 0.29) is 17.4 Å². The van der Waals surface area contributed by atoms with Gasteiger partial charge in [-0.25, -0.2) is 14.4 Å². The number of amides is 1. The van der Waals surface area contributed by atoms with Crippen LogP contribution < -0.4 is 10.6 Å². The van der Waals surface area contributed by atoms with E-state index in [1.165, 1.54) is 24.5 Å². The van der Waals surface area contributed by atoms with Crippen LogP contribution in [0.3, 0.4) is 0 Å². The van der Waals surface area contributed by atoms with E-state index >= 15 is 0 Å². The molecule has 1 heterocycles. The fraction of sp³-hybridized carbons (Fsp3) is 0.105. The molecule has 6 heteroatoms. The van der Waals surface area contributed by atoms with Crippen LogP contribution in [0.5, 0.6) is 0 Å². The van der Waals surface area contributed by atoms with Crippen molar-refractivity contribution in [2.24, 2.45) is 0 Å². The van der Waals surface area contributed by atoms with Crippen LogP contribution in [0.25, 0.3) is 0 Å². The van der Waals surface area contributed by atoms with Gasteiger partial charge in [-0.3, -0.25) is 4.79 Å². The summed E-state index contributed by atoms with van der Waals surface area (Å²) in [6.45, 7) is 2.42. The van der Waals surface area contributed by atoms with Gasteiger partial charge in [0.1, 0.15) is 17.3 Å². The summed E-state index contributed by atoms with van der Waals surface area (Å²) in [4.78, 5) is 20.4. The van der Waals surface area contributed by atoms with Crippen LogP contribution in [0.1, 0.15) is 21.6 Å². The van der Waals surface area contributed by atoms with E-state index in [1.807, 2.05) is 31.2 Å². The highest BCUT2D eigenvalue weighted by molar-refractivity contribution is 5.92. The van der Waals surface area contributed by atoms with Crippen molar-refractivity contribution in [2.75, 3.05) is 5.32 Å². The van der Waals surface area contributed by atoms with Crippen molar-refractivity contribution in [3.05, 3.63) is 83.6 Å². The molecule has 0 fully saturated rings. The second-order valence-electron chi connectivity index (χ2n) is 5.53. The van der Waals surface area contributed by atoms with Gasteiger partial charge in [-0.1, -0.05) is 30.3 Å². The monoisotopic (exact) mass is 336 g/mol. The number of carbonyl (C=O) groups is 1. The first-order valence-electron chi connectivity index (χ1n) is 7.79. The third kappa shape index (κ3) is 4.38. The number of nitrogens with zero attached hydrogens (tertiary/aromatic N) is 2. The summed E-state index contributed by atoms with van der Waals surface area (Å²) in [6.07, 6.45) is 2.82. The highest BCUT2D eigenvalue weighted by Crippen LogP contribution is 2.14. The molecule has 3 aromatic rings. The Morgan fingerprint density at radius 3 is 2.64 bits per heavy atom. The molecule has 0 aliphatic rings. The SMILES string of the molecule is Cc1ccccc1CNC(=O)c1cnc(Nc2cccc(F)c2)cn1. The molecule has 0 saturated heterocycles. The molecule has 0 spiro atoms. The van der Waals surface area contributed by atoms with Crippen molar-refractivity contribution in [1.82, 2.24) is 15.3 Å². The summed E-state index contributed by atoms with van der Waals surface area (Å²) < 4.78 is 13.2. The molecule has 126 valence electrons. The van der Waals surface area contributed by atoms with Crippen molar-refractivity contribution in [3.63, 3.8) is 0 Å². The van der Waals surface area contributed by atoms with E-state index < -0.39 is 0 Å².